The lowest BCUT2D eigenvalue weighted by atomic mass is 10.0. The minimum atomic E-state index is -0.616. The molecular weight excluding hydrogens is 721 g/mol. The molecule has 0 spiro atoms. The maximum atomic E-state index is 14.0. The summed E-state index contributed by atoms with van der Waals surface area (Å²) in [6.45, 7) is 4.24. The molecule has 9 heteroatoms. The first-order chi connectivity index (χ1) is 26.8. The number of nitrogens with zero attached hydrogens (tertiary/aromatic N) is 1. The lowest BCUT2D eigenvalue weighted by Crippen LogP contribution is -2.30. The third-order valence-electron chi connectivity index (χ3n) is 8.91. The van der Waals surface area contributed by atoms with E-state index in [9.17, 15) is 14.4 Å². The zero-order valence-corrected chi connectivity index (χ0v) is 31.9. The van der Waals surface area contributed by atoms with E-state index >= 15 is 0 Å². The highest BCUT2D eigenvalue weighted by Crippen LogP contribution is 2.38. The SMILES string of the molecule is CC(C)c1ccc(/C=C(/NC(=O)c2ccccc2)C(=O)Nc2cccc(SC(C(=O)Nc3nc(-c4ccc5ccccc5c4)cs3)c3ccccc3)c2)cc1. The highest BCUT2D eigenvalue weighted by atomic mass is 32.2. The smallest absolute Gasteiger partial charge is 0.272 e. The van der Waals surface area contributed by atoms with Gasteiger partial charge in [0.1, 0.15) is 10.9 Å². The highest BCUT2D eigenvalue weighted by molar-refractivity contribution is 8.00. The summed E-state index contributed by atoms with van der Waals surface area (Å²) in [5.74, 6) is -0.742. The predicted octanol–water partition coefficient (Wildman–Crippen LogP) is 11.0. The van der Waals surface area contributed by atoms with Gasteiger partial charge in [-0.2, -0.15) is 0 Å². The van der Waals surface area contributed by atoms with Crippen molar-refractivity contribution in [1.82, 2.24) is 10.3 Å². The van der Waals surface area contributed by atoms with Crippen LogP contribution < -0.4 is 16.0 Å². The quantitative estimate of drug-likeness (QED) is 0.0851. The topological polar surface area (TPSA) is 100 Å². The van der Waals surface area contributed by atoms with Gasteiger partial charge < -0.3 is 16.0 Å². The standard InChI is InChI=1S/C46H38N4O3S2/c1-30(2)32-22-20-31(21-23-32)26-40(48-43(51)35-15-7-4-8-16-35)44(52)47-38-18-11-19-39(28-38)55-42(34-13-5-3-6-14-34)45(53)50-46-49-41(29-54-46)37-25-24-33-12-9-10-17-36(33)27-37/h3-30,42H,1-2H3,(H,47,52)(H,48,51)(H,49,50,53)/b40-26+. The minimum absolute atomic E-state index is 0.0947. The average Bonchev–Trinajstić information content (AvgIpc) is 3.68. The Hall–Kier alpha value is -6.29. The lowest BCUT2D eigenvalue weighted by Gasteiger charge is -2.17. The Morgan fingerprint density at radius 1 is 0.691 bits per heavy atom. The summed E-state index contributed by atoms with van der Waals surface area (Å²) in [4.78, 5) is 46.5. The Balaban J connectivity index is 1.09. The van der Waals surface area contributed by atoms with Crippen LogP contribution in [0, 0.1) is 0 Å². The molecule has 1 aromatic heterocycles. The van der Waals surface area contributed by atoms with E-state index in [1.165, 1.54) is 28.7 Å². The van der Waals surface area contributed by atoms with E-state index in [4.69, 9.17) is 4.98 Å². The first-order valence-electron chi connectivity index (χ1n) is 17.9. The first-order valence-corrected chi connectivity index (χ1v) is 19.6. The molecule has 0 aliphatic heterocycles. The van der Waals surface area contributed by atoms with Crippen molar-refractivity contribution < 1.29 is 14.4 Å². The van der Waals surface area contributed by atoms with Gasteiger partial charge in [-0.1, -0.05) is 129 Å². The zero-order valence-electron chi connectivity index (χ0n) is 30.2. The van der Waals surface area contributed by atoms with Crippen molar-refractivity contribution >= 4 is 68.5 Å². The fourth-order valence-corrected chi connectivity index (χ4v) is 7.76. The summed E-state index contributed by atoms with van der Waals surface area (Å²) < 4.78 is 0. The first kappa shape index (κ1) is 37.0. The Kier molecular flexibility index (Phi) is 11.6. The molecule has 7 aromatic rings. The number of amides is 3. The van der Waals surface area contributed by atoms with Crippen LogP contribution in [0.1, 0.15) is 52.1 Å². The van der Waals surface area contributed by atoms with E-state index in [2.05, 4.69) is 54.1 Å². The van der Waals surface area contributed by atoms with Crippen molar-refractivity contribution in [2.45, 2.75) is 29.9 Å². The molecule has 272 valence electrons. The number of thiazole rings is 1. The van der Waals surface area contributed by atoms with E-state index in [0.717, 1.165) is 38.1 Å². The zero-order chi connectivity index (χ0) is 38.1. The molecule has 0 saturated carbocycles. The van der Waals surface area contributed by atoms with Gasteiger partial charge in [-0.25, -0.2) is 4.98 Å². The second kappa shape index (κ2) is 17.2. The molecule has 3 amide bonds. The van der Waals surface area contributed by atoms with Crippen molar-refractivity contribution in [2.75, 3.05) is 10.6 Å². The number of benzene rings is 6. The van der Waals surface area contributed by atoms with E-state index in [0.29, 0.717) is 22.3 Å². The van der Waals surface area contributed by atoms with Gasteiger partial charge in [-0.05, 0) is 75.9 Å². The summed E-state index contributed by atoms with van der Waals surface area (Å²) >= 11 is 2.75. The molecule has 55 heavy (non-hydrogen) atoms. The van der Waals surface area contributed by atoms with Crippen molar-refractivity contribution in [3.05, 3.63) is 185 Å². The molecule has 0 aliphatic rings. The van der Waals surface area contributed by atoms with Gasteiger partial charge in [-0.3, -0.25) is 14.4 Å². The molecule has 1 unspecified atom stereocenters. The van der Waals surface area contributed by atoms with Crippen molar-refractivity contribution in [2.24, 2.45) is 0 Å². The van der Waals surface area contributed by atoms with Gasteiger partial charge in [0.2, 0.25) is 5.91 Å². The van der Waals surface area contributed by atoms with E-state index < -0.39 is 17.1 Å². The van der Waals surface area contributed by atoms with Gasteiger partial charge in [0.15, 0.2) is 5.13 Å². The van der Waals surface area contributed by atoms with Gasteiger partial charge in [0, 0.05) is 27.1 Å². The van der Waals surface area contributed by atoms with E-state index in [1.807, 2.05) is 102 Å². The second-order valence-electron chi connectivity index (χ2n) is 13.2. The minimum Gasteiger partial charge on any atom is -0.321 e. The normalized spacial score (nSPS) is 11.9. The number of rotatable bonds is 12. The molecule has 1 heterocycles. The van der Waals surface area contributed by atoms with Gasteiger partial charge >= 0.3 is 0 Å². The van der Waals surface area contributed by atoms with Crippen LogP contribution in [0.3, 0.4) is 0 Å². The number of carbonyl (C=O) groups excluding carboxylic acids is 3. The monoisotopic (exact) mass is 758 g/mol. The van der Waals surface area contributed by atoms with Gasteiger partial charge in [-0.15, -0.1) is 23.1 Å². The predicted molar refractivity (Wildman–Crippen MR) is 226 cm³/mol. The van der Waals surface area contributed by atoms with Crippen LogP contribution >= 0.6 is 23.1 Å². The average molecular weight is 759 g/mol. The van der Waals surface area contributed by atoms with Crippen LogP contribution in [-0.4, -0.2) is 22.7 Å². The molecule has 7 rings (SSSR count). The third kappa shape index (κ3) is 9.45. The Labute approximate surface area is 328 Å². The molecule has 3 N–H and O–H groups in total. The fourth-order valence-electron chi connectivity index (χ4n) is 5.95. The molecule has 1 atom stereocenters. The van der Waals surface area contributed by atoms with Gasteiger partial charge in [0.25, 0.3) is 11.8 Å². The lowest BCUT2D eigenvalue weighted by molar-refractivity contribution is -0.116. The number of thioether (sulfide) groups is 1. The molecule has 0 radical (unpaired) electrons. The van der Waals surface area contributed by atoms with Gasteiger partial charge in [0.05, 0.1) is 5.69 Å². The number of hydrogen-bond acceptors (Lipinski definition) is 6. The van der Waals surface area contributed by atoms with Crippen molar-refractivity contribution in [1.29, 1.82) is 0 Å². The van der Waals surface area contributed by atoms with Crippen LogP contribution in [0.15, 0.2) is 168 Å². The molecule has 0 aliphatic carbocycles. The van der Waals surface area contributed by atoms with Crippen LogP contribution in [0.25, 0.3) is 28.1 Å². The Morgan fingerprint density at radius 2 is 1.40 bits per heavy atom. The molecule has 0 fully saturated rings. The molecule has 6 aromatic carbocycles. The molecule has 7 nitrogen and oxygen atoms in total. The number of nitrogens with one attached hydrogen (secondary N) is 3. The third-order valence-corrected chi connectivity index (χ3v) is 10.9. The Morgan fingerprint density at radius 3 is 2.15 bits per heavy atom. The van der Waals surface area contributed by atoms with Crippen LogP contribution in [0.5, 0.6) is 0 Å². The molecule has 0 bridgehead atoms. The van der Waals surface area contributed by atoms with Crippen LogP contribution in [0.2, 0.25) is 0 Å². The fraction of sp³-hybridized carbons (Fsp3) is 0.0870. The summed E-state index contributed by atoms with van der Waals surface area (Å²) in [6, 6.07) is 47.9. The number of anilines is 2. The Bertz CT molecular complexity index is 2480. The van der Waals surface area contributed by atoms with E-state index in [1.54, 1.807) is 36.4 Å². The van der Waals surface area contributed by atoms with Crippen molar-refractivity contribution in [3.8, 4) is 11.3 Å². The number of aromatic nitrogens is 1. The number of carbonyl (C=O) groups is 3. The number of hydrogen-bond donors (Lipinski definition) is 3. The van der Waals surface area contributed by atoms with Crippen molar-refractivity contribution in [3.63, 3.8) is 0 Å². The van der Waals surface area contributed by atoms with Crippen LogP contribution in [-0.2, 0) is 9.59 Å². The summed E-state index contributed by atoms with van der Waals surface area (Å²) in [5, 5.41) is 12.9. The maximum absolute atomic E-state index is 14.0. The highest BCUT2D eigenvalue weighted by Gasteiger charge is 2.24. The summed E-state index contributed by atoms with van der Waals surface area (Å²) in [7, 11) is 0. The largest absolute Gasteiger partial charge is 0.321 e. The second-order valence-corrected chi connectivity index (χ2v) is 15.2. The number of fused-ring (bicyclic) bond motifs is 1. The molecular formula is C46H38N4O3S2. The van der Waals surface area contributed by atoms with Crippen LogP contribution in [0.4, 0.5) is 10.8 Å². The summed E-state index contributed by atoms with van der Waals surface area (Å²) in [5.41, 5.74) is 5.57. The maximum Gasteiger partial charge on any atom is 0.272 e. The van der Waals surface area contributed by atoms with E-state index in [-0.39, 0.29) is 11.6 Å². The summed E-state index contributed by atoms with van der Waals surface area (Å²) in [6.07, 6.45) is 1.67. The molecule has 0 saturated heterocycles.